The molecule has 1 aromatic heterocycles. The van der Waals surface area contributed by atoms with Crippen molar-refractivity contribution in [2.24, 2.45) is 0 Å². The molecule has 2 fully saturated rings. The minimum atomic E-state index is -0.231. The van der Waals surface area contributed by atoms with E-state index in [0.717, 1.165) is 12.1 Å². The number of hydrogen-bond donors (Lipinski definition) is 0. The van der Waals surface area contributed by atoms with Gasteiger partial charge in [0.25, 0.3) is 0 Å². The third kappa shape index (κ3) is 2.38. The summed E-state index contributed by atoms with van der Waals surface area (Å²) in [6.45, 7) is 0.847. The molecule has 2 nitrogen and oxygen atoms in total. The van der Waals surface area contributed by atoms with E-state index in [1.54, 1.807) is 12.3 Å². The van der Waals surface area contributed by atoms with E-state index in [2.05, 4.69) is 25.8 Å². The quantitative estimate of drug-likeness (QED) is 0.780. The highest BCUT2D eigenvalue weighted by molar-refractivity contribution is 9.09. The molecular weight excluding hydrogens is 283 g/mol. The second-order valence-electron chi connectivity index (χ2n) is 5.14. The van der Waals surface area contributed by atoms with Crippen molar-refractivity contribution >= 4 is 15.9 Å². The minimum Gasteiger partial charge on any atom is -0.293 e. The van der Waals surface area contributed by atoms with E-state index in [1.165, 1.54) is 31.9 Å². The summed E-state index contributed by atoms with van der Waals surface area (Å²) < 4.78 is 13.1. The molecule has 2 aliphatic rings. The summed E-state index contributed by atoms with van der Waals surface area (Å²) in [6.07, 6.45) is 8.06. The molecule has 2 saturated heterocycles. The third-order valence-corrected chi connectivity index (χ3v) is 4.70. The first kappa shape index (κ1) is 11.6. The van der Waals surface area contributed by atoms with Crippen LogP contribution in [0.5, 0.6) is 0 Å². The Morgan fingerprint density at radius 3 is 2.65 bits per heavy atom. The molecule has 2 atom stereocenters. The van der Waals surface area contributed by atoms with E-state index in [9.17, 15) is 4.39 Å². The van der Waals surface area contributed by atoms with Gasteiger partial charge in [0, 0.05) is 29.7 Å². The molecule has 2 aliphatic heterocycles. The average molecular weight is 299 g/mol. The van der Waals surface area contributed by atoms with Crippen molar-refractivity contribution in [2.45, 2.75) is 49.1 Å². The van der Waals surface area contributed by atoms with Gasteiger partial charge in [-0.1, -0.05) is 15.9 Å². The number of fused-ring (bicyclic) bond motifs is 2. The summed E-state index contributed by atoms with van der Waals surface area (Å²) in [5.74, 6) is -0.231. The Kier molecular flexibility index (Phi) is 3.17. The van der Waals surface area contributed by atoms with Crippen molar-refractivity contribution in [2.75, 3.05) is 0 Å². The highest BCUT2D eigenvalue weighted by atomic mass is 79.9. The maximum Gasteiger partial charge on any atom is 0.141 e. The highest BCUT2D eigenvalue weighted by Gasteiger charge is 2.39. The largest absolute Gasteiger partial charge is 0.293 e. The van der Waals surface area contributed by atoms with Gasteiger partial charge in [0.05, 0.1) is 6.20 Å². The second kappa shape index (κ2) is 4.65. The lowest BCUT2D eigenvalue weighted by atomic mass is 10.0. The number of hydrogen-bond acceptors (Lipinski definition) is 2. The summed E-state index contributed by atoms with van der Waals surface area (Å²) in [6, 6.07) is 2.94. The Morgan fingerprint density at radius 1 is 1.29 bits per heavy atom. The SMILES string of the molecule is Fc1cncc(CN2C3CCC2CC(Br)C3)c1. The number of piperidine rings is 1. The van der Waals surface area contributed by atoms with Crippen molar-refractivity contribution in [3.8, 4) is 0 Å². The Balaban J connectivity index is 1.74. The molecule has 3 rings (SSSR count). The van der Waals surface area contributed by atoms with E-state index in [-0.39, 0.29) is 5.82 Å². The van der Waals surface area contributed by atoms with Crippen LogP contribution in [0.4, 0.5) is 4.39 Å². The molecule has 2 unspecified atom stereocenters. The Bertz CT molecular complexity index is 398. The van der Waals surface area contributed by atoms with Crippen molar-refractivity contribution in [1.82, 2.24) is 9.88 Å². The van der Waals surface area contributed by atoms with Gasteiger partial charge in [0.2, 0.25) is 0 Å². The molecule has 0 aliphatic carbocycles. The molecule has 0 N–H and O–H groups in total. The molecular formula is C13H16BrFN2. The predicted octanol–water partition coefficient (Wildman–Crippen LogP) is 3.11. The Labute approximate surface area is 109 Å². The van der Waals surface area contributed by atoms with Gasteiger partial charge in [-0.3, -0.25) is 9.88 Å². The van der Waals surface area contributed by atoms with Crippen molar-refractivity contribution in [1.29, 1.82) is 0 Å². The van der Waals surface area contributed by atoms with Crippen LogP contribution in [-0.4, -0.2) is 26.8 Å². The van der Waals surface area contributed by atoms with Gasteiger partial charge in [-0.2, -0.15) is 0 Å². The zero-order valence-electron chi connectivity index (χ0n) is 9.65. The number of pyridine rings is 1. The standard InChI is InChI=1S/C13H16BrFN2/c14-10-4-12-1-2-13(5-10)17(12)8-9-3-11(15)7-16-6-9/h3,6-7,10,12-13H,1-2,4-5,8H2. The van der Waals surface area contributed by atoms with Crippen LogP contribution < -0.4 is 0 Å². The van der Waals surface area contributed by atoms with Crippen LogP contribution in [0.1, 0.15) is 31.2 Å². The van der Waals surface area contributed by atoms with Crippen LogP contribution >= 0.6 is 15.9 Å². The van der Waals surface area contributed by atoms with Crippen LogP contribution in [-0.2, 0) is 6.54 Å². The van der Waals surface area contributed by atoms with Gasteiger partial charge in [0.1, 0.15) is 5.82 Å². The maximum atomic E-state index is 13.1. The average Bonchev–Trinajstić information content (AvgIpc) is 2.54. The Morgan fingerprint density at radius 2 is 2.00 bits per heavy atom. The second-order valence-corrected chi connectivity index (χ2v) is 6.43. The minimum absolute atomic E-state index is 0.231. The fraction of sp³-hybridized carbons (Fsp3) is 0.615. The lowest BCUT2D eigenvalue weighted by Crippen LogP contribution is -2.42. The van der Waals surface area contributed by atoms with E-state index < -0.39 is 0 Å². The first-order valence-electron chi connectivity index (χ1n) is 6.21. The summed E-state index contributed by atoms with van der Waals surface area (Å²) in [5.41, 5.74) is 0.995. The number of halogens is 2. The molecule has 3 heterocycles. The molecule has 0 spiro atoms. The molecule has 4 heteroatoms. The summed E-state index contributed by atoms with van der Waals surface area (Å²) in [5, 5.41) is 0. The van der Waals surface area contributed by atoms with E-state index in [4.69, 9.17) is 0 Å². The summed E-state index contributed by atoms with van der Waals surface area (Å²) in [4.78, 5) is 7.13. The van der Waals surface area contributed by atoms with Gasteiger partial charge in [-0.05, 0) is 37.3 Å². The monoisotopic (exact) mass is 298 g/mol. The molecule has 92 valence electrons. The van der Waals surface area contributed by atoms with Crippen LogP contribution in [0.2, 0.25) is 0 Å². The zero-order valence-corrected chi connectivity index (χ0v) is 11.2. The van der Waals surface area contributed by atoms with Crippen molar-refractivity contribution in [3.63, 3.8) is 0 Å². The van der Waals surface area contributed by atoms with Crippen LogP contribution in [0.15, 0.2) is 18.5 Å². The van der Waals surface area contributed by atoms with E-state index in [0.29, 0.717) is 16.9 Å². The van der Waals surface area contributed by atoms with Crippen molar-refractivity contribution in [3.05, 3.63) is 29.8 Å². The summed E-state index contributed by atoms with van der Waals surface area (Å²) >= 11 is 3.73. The van der Waals surface area contributed by atoms with Gasteiger partial charge < -0.3 is 0 Å². The lowest BCUT2D eigenvalue weighted by Gasteiger charge is -2.37. The number of alkyl halides is 1. The molecule has 2 bridgehead atoms. The molecule has 1 aromatic rings. The molecule has 0 aromatic carbocycles. The van der Waals surface area contributed by atoms with Crippen LogP contribution in [0, 0.1) is 5.82 Å². The Hall–Kier alpha value is -0.480. The molecule has 0 radical (unpaired) electrons. The van der Waals surface area contributed by atoms with Gasteiger partial charge in [-0.15, -0.1) is 0 Å². The van der Waals surface area contributed by atoms with Crippen molar-refractivity contribution < 1.29 is 4.39 Å². The molecule has 0 saturated carbocycles. The number of nitrogens with zero attached hydrogens (tertiary/aromatic N) is 2. The first-order valence-corrected chi connectivity index (χ1v) is 7.13. The third-order valence-electron chi connectivity index (χ3n) is 3.95. The van der Waals surface area contributed by atoms with Gasteiger partial charge in [0.15, 0.2) is 0 Å². The lowest BCUT2D eigenvalue weighted by molar-refractivity contribution is 0.136. The topological polar surface area (TPSA) is 16.1 Å². The predicted molar refractivity (Wildman–Crippen MR) is 68.5 cm³/mol. The highest BCUT2D eigenvalue weighted by Crippen LogP contribution is 2.39. The smallest absolute Gasteiger partial charge is 0.141 e. The van der Waals surface area contributed by atoms with E-state index >= 15 is 0 Å². The van der Waals surface area contributed by atoms with Crippen LogP contribution in [0.3, 0.4) is 0 Å². The first-order chi connectivity index (χ1) is 8.22. The van der Waals surface area contributed by atoms with Gasteiger partial charge >= 0.3 is 0 Å². The fourth-order valence-electron chi connectivity index (χ4n) is 3.22. The molecule has 0 amide bonds. The molecule has 17 heavy (non-hydrogen) atoms. The van der Waals surface area contributed by atoms with E-state index in [1.807, 2.05) is 0 Å². The van der Waals surface area contributed by atoms with Gasteiger partial charge in [-0.25, -0.2) is 4.39 Å². The normalized spacial score (nSPS) is 32.9. The van der Waals surface area contributed by atoms with Crippen LogP contribution in [0.25, 0.3) is 0 Å². The number of rotatable bonds is 2. The fourth-order valence-corrected chi connectivity index (χ4v) is 4.08. The maximum absolute atomic E-state index is 13.1. The zero-order chi connectivity index (χ0) is 11.8. The summed E-state index contributed by atoms with van der Waals surface area (Å²) in [7, 11) is 0. The number of aromatic nitrogens is 1.